The third-order valence-electron chi connectivity index (χ3n) is 2.89. The molecule has 1 atom stereocenters. The standard InChI is InChI=1S/C13H14O4S/c1-16-12(14)9-4-5-10-8(7-9)3-6-11(18-10)13(15)17-2/h4-5,7,11H,3,6H2,1-2H3. The largest absolute Gasteiger partial charge is 0.468 e. The van der Waals surface area contributed by atoms with Crippen molar-refractivity contribution >= 4 is 23.7 Å². The molecule has 1 aromatic carbocycles. The van der Waals surface area contributed by atoms with Crippen molar-refractivity contribution in [2.24, 2.45) is 0 Å². The Hall–Kier alpha value is -1.49. The highest BCUT2D eigenvalue weighted by Gasteiger charge is 2.26. The summed E-state index contributed by atoms with van der Waals surface area (Å²) in [7, 11) is 2.77. The Morgan fingerprint density at radius 2 is 2.06 bits per heavy atom. The second-order valence-electron chi connectivity index (χ2n) is 3.98. The number of methoxy groups -OCH3 is 2. The van der Waals surface area contributed by atoms with E-state index in [1.807, 2.05) is 12.1 Å². The molecule has 1 heterocycles. The van der Waals surface area contributed by atoms with E-state index >= 15 is 0 Å². The van der Waals surface area contributed by atoms with Gasteiger partial charge in [-0.25, -0.2) is 4.79 Å². The Labute approximate surface area is 110 Å². The Kier molecular flexibility index (Phi) is 3.91. The molecule has 0 aliphatic carbocycles. The van der Waals surface area contributed by atoms with Crippen LogP contribution in [0.3, 0.4) is 0 Å². The van der Waals surface area contributed by atoms with Crippen molar-refractivity contribution in [2.75, 3.05) is 14.2 Å². The molecule has 96 valence electrons. The van der Waals surface area contributed by atoms with Gasteiger partial charge >= 0.3 is 11.9 Å². The third kappa shape index (κ3) is 2.51. The van der Waals surface area contributed by atoms with Crippen molar-refractivity contribution in [3.63, 3.8) is 0 Å². The van der Waals surface area contributed by atoms with Gasteiger partial charge in [0.25, 0.3) is 0 Å². The number of hydrogen-bond donors (Lipinski definition) is 0. The lowest BCUT2D eigenvalue weighted by Gasteiger charge is -2.22. The van der Waals surface area contributed by atoms with E-state index in [1.165, 1.54) is 26.0 Å². The van der Waals surface area contributed by atoms with Crippen molar-refractivity contribution in [2.45, 2.75) is 23.0 Å². The van der Waals surface area contributed by atoms with Crippen LogP contribution in [0.4, 0.5) is 0 Å². The van der Waals surface area contributed by atoms with Gasteiger partial charge in [0.1, 0.15) is 5.25 Å². The molecule has 0 N–H and O–H groups in total. The summed E-state index contributed by atoms with van der Waals surface area (Å²) >= 11 is 1.49. The Morgan fingerprint density at radius 1 is 1.28 bits per heavy atom. The van der Waals surface area contributed by atoms with Crippen LogP contribution in [0.5, 0.6) is 0 Å². The van der Waals surface area contributed by atoms with Crippen LogP contribution in [0.15, 0.2) is 23.1 Å². The van der Waals surface area contributed by atoms with Gasteiger partial charge in [-0.1, -0.05) is 0 Å². The van der Waals surface area contributed by atoms with Gasteiger partial charge < -0.3 is 9.47 Å². The molecule has 18 heavy (non-hydrogen) atoms. The summed E-state index contributed by atoms with van der Waals surface area (Å²) in [5.41, 5.74) is 1.64. The van der Waals surface area contributed by atoms with Gasteiger partial charge in [0.05, 0.1) is 19.8 Å². The van der Waals surface area contributed by atoms with Crippen molar-refractivity contribution in [1.29, 1.82) is 0 Å². The summed E-state index contributed by atoms with van der Waals surface area (Å²) in [6, 6.07) is 5.42. The molecule has 1 aliphatic rings. The number of thioether (sulfide) groups is 1. The van der Waals surface area contributed by atoms with Crippen molar-refractivity contribution in [3.8, 4) is 0 Å². The van der Waals surface area contributed by atoms with E-state index in [1.54, 1.807) is 6.07 Å². The van der Waals surface area contributed by atoms with Crippen LogP contribution in [-0.4, -0.2) is 31.4 Å². The Bertz CT molecular complexity index is 484. The smallest absolute Gasteiger partial charge is 0.337 e. The maximum atomic E-state index is 11.5. The Balaban J connectivity index is 2.20. The third-order valence-corrected chi connectivity index (χ3v) is 4.26. The van der Waals surface area contributed by atoms with Gasteiger partial charge in [-0.3, -0.25) is 4.79 Å². The molecule has 1 unspecified atom stereocenters. The second kappa shape index (κ2) is 5.44. The van der Waals surface area contributed by atoms with Crippen molar-refractivity contribution in [3.05, 3.63) is 29.3 Å². The molecule has 1 aliphatic heterocycles. The normalized spacial score (nSPS) is 17.8. The topological polar surface area (TPSA) is 52.6 Å². The van der Waals surface area contributed by atoms with E-state index in [-0.39, 0.29) is 17.2 Å². The van der Waals surface area contributed by atoms with Gasteiger partial charge in [0.2, 0.25) is 0 Å². The first-order chi connectivity index (χ1) is 8.65. The average Bonchev–Trinajstić information content (AvgIpc) is 2.44. The molecule has 2 rings (SSSR count). The minimum absolute atomic E-state index is 0.147. The fraction of sp³-hybridized carbons (Fsp3) is 0.385. The maximum Gasteiger partial charge on any atom is 0.337 e. The number of rotatable bonds is 2. The zero-order chi connectivity index (χ0) is 13.1. The van der Waals surface area contributed by atoms with Gasteiger partial charge in [0.15, 0.2) is 0 Å². The molecule has 0 aromatic heterocycles. The van der Waals surface area contributed by atoms with Crippen LogP contribution >= 0.6 is 11.8 Å². The molecule has 5 heteroatoms. The number of aryl methyl sites for hydroxylation is 1. The zero-order valence-electron chi connectivity index (χ0n) is 10.3. The summed E-state index contributed by atoms with van der Waals surface area (Å²) in [4.78, 5) is 23.9. The lowest BCUT2D eigenvalue weighted by atomic mass is 10.0. The van der Waals surface area contributed by atoms with E-state index in [4.69, 9.17) is 4.74 Å². The number of esters is 2. The van der Waals surface area contributed by atoms with Gasteiger partial charge in [-0.15, -0.1) is 11.8 Å². The molecule has 0 fully saturated rings. The summed E-state index contributed by atoms with van der Waals surface area (Å²) in [5, 5.41) is -0.147. The van der Waals surface area contributed by atoms with E-state index in [2.05, 4.69) is 4.74 Å². The van der Waals surface area contributed by atoms with E-state index < -0.39 is 0 Å². The average molecular weight is 266 g/mol. The first kappa shape index (κ1) is 13.0. The highest BCUT2D eigenvalue weighted by Crippen LogP contribution is 2.36. The molecular weight excluding hydrogens is 252 g/mol. The van der Waals surface area contributed by atoms with Crippen LogP contribution in [-0.2, 0) is 20.7 Å². The molecule has 0 radical (unpaired) electrons. The van der Waals surface area contributed by atoms with Crippen LogP contribution in [0, 0.1) is 0 Å². The lowest BCUT2D eigenvalue weighted by Crippen LogP contribution is -2.22. The van der Waals surface area contributed by atoms with Gasteiger partial charge in [-0.2, -0.15) is 0 Å². The number of fused-ring (bicyclic) bond motifs is 1. The fourth-order valence-corrected chi connectivity index (χ4v) is 3.12. The first-order valence-electron chi connectivity index (χ1n) is 5.61. The molecule has 0 bridgehead atoms. The van der Waals surface area contributed by atoms with Gasteiger partial charge in [-0.05, 0) is 36.6 Å². The molecular formula is C13H14O4S. The van der Waals surface area contributed by atoms with E-state index in [0.29, 0.717) is 5.56 Å². The molecule has 1 aromatic rings. The number of carbonyl (C=O) groups is 2. The molecule has 0 spiro atoms. The lowest BCUT2D eigenvalue weighted by molar-refractivity contribution is -0.140. The minimum Gasteiger partial charge on any atom is -0.468 e. The highest BCUT2D eigenvalue weighted by atomic mass is 32.2. The molecule has 0 saturated carbocycles. The predicted molar refractivity (Wildman–Crippen MR) is 67.8 cm³/mol. The van der Waals surface area contributed by atoms with Crippen molar-refractivity contribution < 1.29 is 19.1 Å². The molecule has 0 saturated heterocycles. The second-order valence-corrected chi connectivity index (χ2v) is 5.23. The Morgan fingerprint density at radius 3 is 2.72 bits per heavy atom. The maximum absolute atomic E-state index is 11.5. The zero-order valence-corrected chi connectivity index (χ0v) is 11.1. The summed E-state index contributed by atoms with van der Waals surface area (Å²) in [5.74, 6) is -0.527. The molecule has 0 amide bonds. The van der Waals surface area contributed by atoms with E-state index in [9.17, 15) is 9.59 Å². The first-order valence-corrected chi connectivity index (χ1v) is 6.49. The number of benzene rings is 1. The summed E-state index contributed by atoms with van der Waals surface area (Å²) in [6.45, 7) is 0. The minimum atomic E-state index is -0.335. The number of carbonyl (C=O) groups excluding carboxylic acids is 2. The molecule has 4 nitrogen and oxygen atoms in total. The monoisotopic (exact) mass is 266 g/mol. The summed E-state index contributed by atoms with van der Waals surface area (Å²) in [6.07, 6.45) is 1.50. The van der Waals surface area contributed by atoms with Crippen molar-refractivity contribution in [1.82, 2.24) is 0 Å². The SMILES string of the molecule is COC(=O)c1ccc2c(c1)CCC(C(=O)OC)S2. The fourth-order valence-electron chi connectivity index (χ4n) is 1.93. The number of ether oxygens (including phenoxy) is 2. The van der Waals surface area contributed by atoms with Crippen LogP contribution in [0.25, 0.3) is 0 Å². The van der Waals surface area contributed by atoms with E-state index in [0.717, 1.165) is 23.3 Å². The van der Waals surface area contributed by atoms with Crippen LogP contribution < -0.4 is 0 Å². The number of hydrogen-bond acceptors (Lipinski definition) is 5. The predicted octanol–water partition coefficient (Wildman–Crippen LogP) is 2.05. The quantitative estimate of drug-likeness (QED) is 0.767. The summed E-state index contributed by atoms with van der Waals surface area (Å²) < 4.78 is 9.43. The van der Waals surface area contributed by atoms with Gasteiger partial charge in [0, 0.05) is 4.90 Å². The van der Waals surface area contributed by atoms with Crippen LogP contribution in [0.2, 0.25) is 0 Å². The highest BCUT2D eigenvalue weighted by molar-refractivity contribution is 8.00. The van der Waals surface area contributed by atoms with Crippen LogP contribution in [0.1, 0.15) is 22.3 Å².